The quantitative estimate of drug-likeness (QED) is 0.247. The van der Waals surface area contributed by atoms with Gasteiger partial charge in [-0.1, -0.05) is 11.3 Å². The molecule has 2 fully saturated rings. The highest BCUT2D eigenvalue weighted by Crippen LogP contribution is 2.33. The molecule has 1 unspecified atom stereocenters. The van der Waals surface area contributed by atoms with Crippen molar-refractivity contribution in [1.82, 2.24) is 34.1 Å². The molecule has 0 bridgehead atoms. The van der Waals surface area contributed by atoms with Crippen LogP contribution in [0.5, 0.6) is 0 Å². The smallest absolute Gasteiger partial charge is 0.325 e. The van der Waals surface area contributed by atoms with Gasteiger partial charge in [0, 0.05) is 84.3 Å². The molecule has 2 N–H and O–H groups in total. The minimum Gasteiger partial charge on any atom is -0.364 e. The summed E-state index contributed by atoms with van der Waals surface area (Å²) in [6.07, 6.45) is 2.85. The van der Waals surface area contributed by atoms with E-state index >= 15 is 13.2 Å². The van der Waals surface area contributed by atoms with Crippen LogP contribution in [0.3, 0.4) is 0 Å². The second kappa shape index (κ2) is 14.9. The molecule has 290 valence electrons. The number of hydrogen-bond acceptors (Lipinski definition) is 11. The topological polar surface area (TPSA) is 154 Å². The fourth-order valence-electron chi connectivity index (χ4n) is 7.11. The second-order valence-electron chi connectivity index (χ2n) is 13.7. The van der Waals surface area contributed by atoms with Gasteiger partial charge in [0.1, 0.15) is 22.8 Å². The normalized spacial score (nSPS) is 16.7. The third kappa shape index (κ3) is 6.97. The summed E-state index contributed by atoms with van der Waals surface area (Å²) in [6.45, 7) is 10.7. The minimum atomic E-state index is -0.852. The Morgan fingerprint density at radius 3 is 2.24 bits per heavy atom. The molecule has 15 nitrogen and oxygen atoms in total. The maximum absolute atomic E-state index is 16.1. The van der Waals surface area contributed by atoms with E-state index in [1.807, 2.05) is 20.9 Å². The number of halogens is 3. The van der Waals surface area contributed by atoms with Crippen LogP contribution in [0.4, 0.5) is 40.3 Å². The van der Waals surface area contributed by atoms with Crippen LogP contribution >= 0.6 is 11.3 Å². The van der Waals surface area contributed by atoms with Crippen molar-refractivity contribution >= 4 is 67.5 Å². The molecule has 6 heterocycles. The summed E-state index contributed by atoms with van der Waals surface area (Å²) in [5.41, 5.74) is -1.37. The van der Waals surface area contributed by atoms with E-state index in [4.69, 9.17) is 0 Å². The van der Waals surface area contributed by atoms with Gasteiger partial charge in [0.15, 0.2) is 27.9 Å². The lowest BCUT2D eigenvalue weighted by Crippen LogP contribution is -2.50. The summed E-state index contributed by atoms with van der Waals surface area (Å²) in [6, 6.07) is 1.39. The van der Waals surface area contributed by atoms with Crippen molar-refractivity contribution in [3.05, 3.63) is 62.4 Å². The number of fused-ring (bicyclic) bond motifs is 2. The lowest BCUT2D eigenvalue weighted by Gasteiger charge is -2.39. The summed E-state index contributed by atoms with van der Waals surface area (Å²) >= 11 is 0.857. The number of amides is 3. The van der Waals surface area contributed by atoms with Crippen LogP contribution in [0.1, 0.15) is 27.7 Å². The third-order valence-corrected chi connectivity index (χ3v) is 11.2. The number of aryl methyl sites for hydroxylation is 2. The Hall–Kier alpha value is -5.56. The van der Waals surface area contributed by atoms with Crippen molar-refractivity contribution in [2.24, 2.45) is 0 Å². The van der Waals surface area contributed by atoms with Gasteiger partial charge < -0.3 is 34.1 Å². The molecule has 3 amide bonds. The number of rotatable bonds is 7. The Labute approximate surface area is 317 Å². The van der Waals surface area contributed by atoms with E-state index in [1.54, 1.807) is 26.2 Å². The number of urea groups is 1. The number of nitrogens with one attached hydrogen (secondary N) is 2. The van der Waals surface area contributed by atoms with Crippen LogP contribution in [-0.2, 0) is 17.9 Å². The van der Waals surface area contributed by atoms with E-state index in [1.165, 1.54) is 23.9 Å². The van der Waals surface area contributed by atoms with Gasteiger partial charge in [0.25, 0.3) is 0 Å². The van der Waals surface area contributed by atoms with Crippen LogP contribution < -0.4 is 31.3 Å². The number of benzene rings is 1. The van der Waals surface area contributed by atoms with Crippen LogP contribution in [0.2, 0.25) is 0 Å². The van der Waals surface area contributed by atoms with E-state index in [9.17, 15) is 19.2 Å². The molecule has 7 rings (SSSR count). The molecular weight excluding hydrogens is 740 g/mol. The van der Waals surface area contributed by atoms with Crippen LogP contribution in [0.15, 0.2) is 34.1 Å². The molecule has 2 aliphatic heterocycles. The highest BCUT2D eigenvalue weighted by Gasteiger charge is 2.29. The molecule has 5 aromatic rings. The van der Waals surface area contributed by atoms with Crippen molar-refractivity contribution in [3.63, 3.8) is 0 Å². The Morgan fingerprint density at radius 1 is 0.873 bits per heavy atom. The van der Waals surface area contributed by atoms with Crippen molar-refractivity contribution in [1.29, 1.82) is 0 Å². The standard InChI is InChI=1S/C36H40F3N11O4S/c1-6-46-17-23(30(52)21-14-24(37)29(27(39)28(21)46)50-9-8-45(5)19(3)16-50)34-43-44-36(55-34)42-35(54)40-26-18-47(7-2)32-22(31(26)53)15-25(38)33(41-32)49-12-10-48(11-13-49)20(4)51/h14-15,17-19H,6-13,16H2,1-5H3,(H2,40,42,44,54). The van der Waals surface area contributed by atoms with Crippen LogP contribution in [0, 0.1) is 17.5 Å². The first-order valence-electron chi connectivity index (χ1n) is 18.0. The van der Waals surface area contributed by atoms with Gasteiger partial charge in [-0.2, -0.15) is 0 Å². The maximum Gasteiger partial charge on any atom is 0.325 e. The number of hydrogen-bond donors (Lipinski definition) is 2. The minimum absolute atomic E-state index is 0.0200. The molecule has 4 aromatic heterocycles. The lowest BCUT2D eigenvalue weighted by molar-refractivity contribution is -0.129. The molecule has 0 spiro atoms. The molecule has 0 aliphatic carbocycles. The van der Waals surface area contributed by atoms with E-state index in [0.717, 1.165) is 23.5 Å². The molecule has 19 heteroatoms. The largest absolute Gasteiger partial charge is 0.364 e. The van der Waals surface area contributed by atoms with E-state index < -0.39 is 34.3 Å². The molecule has 2 saturated heterocycles. The first-order chi connectivity index (χ1) is 26.3. The van der Waals surface area contributed by atoms with Crippen molar-refractivity contribution < 1.29 is 22.8 Å². The Kier molecular flexibility index (Phi) is 10.2. The van der Waals surface area contributed by atoms with Crippen LogP contribution in [0.25, 0.3) is 32.5 Å². The van der Waals surface area contributed by atoms with Gasteiger partial charge in [0.2, 0.25) is 16.5 Å². The Balaban J connectivity index is 1.13. The molecule has 55 heavy (non-hydrogen) atoms. The Bertz CT molecular complexity index is 2460. The van der Waals surface area contributed by atoms with E-state index in [0.29, 0.717) is 52.4 Å². The molecule has 0 radical (unpaired) electrons. The molecule has 0 saturated carbocycles. The van der Waals surface area contributed by atoms with Crippen LogP contribution in [-0.4, -0.2) is 105 Å². The van der Waals surface area contributed by atoms with Gasteiger partial charge in [0.05, 0.1) is 21.9 Å². The van der Waals surface area contributed by atoms with E-state index in [-0.39, 0.29) is 73.3 Å². The van der Waals surface area contributed by atoms with Crippen molar-refractivity contribution in [3.8, 4) is 10.6 Å². The SMILES string of the molecule is CCn1cc(NC(=O)Nc2nnc(-c3cn(CC)c4c(F)c(N5CCN(C)C(C)C5)c(F)cc4c3=O)s2)c(=O)c2cc(F)c(N3CCN(C(C)=O)CC3)nc21. The number of carbonyl (C=O) groups is 2. The molecule has 1 aromatic carbocycles. The molecular formula is C36H40F3N11O4S. The fraction of sp³-hybridized carbons (Fsp3) is 0.417. The average Bonchev–Trinajstić information content (AvgIpc) is 3.62. The lowest BCUT2D eigenvalue weighted by atomic mass is 10.1. The first-order valence-corrected chi connectivity index (χ1v) is 18.8. The number of nitrogens with zero attached hydrogens (tertiary/aromatic N) is 9. The third-order valence-electron chi connectivity index (χ3n) is 10.3. The van der Waals surface area contributed by atoms with Crippen molar-refractivity contribution in [2.45, 2.75) is 46.8 Å². The summed E-state index contributed by atoms with van der Waals surface area (Å²) in [5.74, 6) is -2.35. The summed E-state index contributed by atoms with van der Waals surface area (Å²) < 4.78 is 50.3. The fourth-order valence-corrected chi connectivity index (χ4v) is 7.86. The Morgan fingerprint density at radius 2 is 1.56 bits per heavy atom. The second-order valence-corrected chi connectivity index (χ2v) is 14.6. The zero-order chi connectivity index (χ0) is 39.3. The predicted octanol–water partition coefficient (Wildman–Crippen LogP) is 4.14. The zero-order valence-electron chi connectivity index (χ0n) is 31.0. The van der Waals surface area contributed by atoms with Gasteiger partial charge >= 0.3 is 6.03 Å². The zero-order valence-corrected chi connectivity index (χ0v) is 31.8. The number of likely N-dealkylation sites (N-methyl/N-ethyl adjacent to an activating group) is 1. The molecule has 2 aliphatic rings. The first kappa shape index (κ1) is 37.7. The summed E-state index contributed by atoms with van der Waals surface area (Å²) in [7, 11) is 1.96. The number of carbonyl (C=O) groups excluding carboxylic acids is 2. The van der Waals surface area contributed by atoms with Gasteiger partial charge in [-0.05, 0) is 40.0 Å². The van der Waals surface area contributed by atoms with Crippen molar-refractivity contribution in [2.75, 3.05) is 73.3 Å². The molecule has 1 atom stereocenters. The predicted molar refractivity (Wildman–Crippen MR) is 206 cm³/mol. The highest BCUT2D eigenvalue weighted by atomic mass is 32.1. The monoisotopic (exact) mass is 779 g/mol. The highest BCUT2D eigenvalue weighted by molar-refractivity contribution is 7.18. The van der Waals surface area contributed by atoms with E-state index in [2.05, 4.69) is 30.7 Å². The number of piperazine rings is 2. The van der Waals surface area contributed by atoms with Gasteiger partial charge in [-0.15, -0.1) is 10.2 Å². The summed E-state index contributed by atoms with van der Waals surface area (Å²) in [5, 5.41) is 12.9. The van der Waals surface area contributed by atoms with Gasteiger partial charge in [-0.3, -0.25) is 19.7 Å². The number of pyridine rings is 3. The number of anilines is 4. The summed E-state index contributed by atoms with van der Waals surface area (Å²) in [4.78, 5) is 63.7. The maximum atomic E-state index is 16.1. The van der Waals surface area contributed by atoms with Gasteiger partial charge in [-0.25, -0.2) is 22.9 Å². The average molecular weight is 780 g/mol. The number of aromatic nitrogens is 5.